The fraction of sp³-hybridized carbons (Fsp3) is 0.400. The van der Waals surface area contributed by atoms with Crippen molar-refractivity contribution in [2.24, 2.45) is 0 Å². The molecule has 0 radical (unpaired) electrons. The lowest BCUT2D eigenvalue weighted by Gasteiger charge is -2.13. The number of hydrogen-bond acceptors (Lipinski definition) is 4. The SMILES string of the molecule is CCc1sc(C(=O)Nc2ccccc2C(=O)NCC2CCCO2)cc1C. The first-order valence-electron chi connectivity index (χ1n) is 8.98. The van der Waals surface area contributed by atoms with Crippen LogP contribution in [0.4, 0.5) is 5.69 Å². The summed E-state index contributed by atoms with van der Waals surface area (Å²) in [4.78, 5) is 27.0. The van der Waals surface area contributed by atoms with Gasteiger partial charge in [-0.2, -0.15) is 0 Å². The second-order valence-electron chi connectivity index (χ2n) is 6.42. The molecule has 1 aromatic heterocycles. The van der Waals surface area contributed by atoms with Gasteiger partial charge in [-0.15, -0.1) is 11.3 Å². The maximum atomic E-state index is 12.6. The summed E-state index contributed by atoms with van der Waals surface area (Å²) in [7, 11) is 0. The second-order valence-corrected chi connectivity index (χ2v) is 7.55. The zero-order valence-corrected chi connectivity index (χ0v) is 15.9. The van der Waals surface area contributed by atoms with Gasteiger partial charge >= 0.3 is 0 Å². The Hall–Kier alpha value is -2.18. The summed E-state index contributed by atoms with van der Waals surface area (Å²) in [5, 5.41) is 5.78. The van der Waals surface area contributed by atoms with Crippen LogP contribution in [-0.4, -0.2) is 31.1 Å². The number of anilines is 1. The number of para-hydroxylation sites is 1. The summed E-state index contributed by atoms with van der Waals surface area (Å²) in [5.74, 6) is -0.384. The topological polar surface area (TPSA) is 67.4 Å². The second kappa shape index (κ2) is 8.47. The lowest BCUT2D eigenvalue weighted by molar-refractivity contribution is 0.0858. The van der Waals surface area contributed by atoms with Crippen LogP contribution in [0.1, 0.15) is 50.2 Å². The number of carbonyl (C=O) groups is 2. The van der Waals surface area contributed by atoms with Gasteiger partial charge in [-0.05, 0) is 49.9 Å². The summed E-state index contributed by atoms with van der Waals surface area (Å²) in [6.45, 7) is 5.34. The Morgan fingerprint density at radius 2 is 2.08 bits per heavy atom. The summed E-state index contributed by atoms with van der Waals surface area (Å²) in [6.07, 6.45) is 3.00. The van der Waals surface area contributed by atoms with Crippen LogP contribution in [0.15, 0.2) is 30.3 Å². The zero-order chi connectivity index (χ0) is 18.5. The minimum atomic E-state index is -0.201. The number of ether oxygens (including phenoxy) is 1. The van der Waals surface area contributed by atoms with Crippen LogP contribution in [-0.2, 0) is 11.2 Å². The number of aryl methyl sites for hydroxylation is 2. The third-order valence-electron chi connectivity index (χ3n) is 4.50. The lowest BCUT2D eigenvalue weighted by atomic mass is 10.1. The number of thiophene rings is 1. The maximum absolute atomic E-state index is 12.6. The predicted molar refractivity (Wildman–Crippen MR) is 104 cm³/mol. The van der Waals surface area contributed by atoms with Crippen molar-refractivity contribution < 1.29 is 14.3 Å². The van der Waals surface area contributed by atoms with Crippen LogP contribution in [0, 0.1) is 6.92 Å². The molecule has 1 unspecified atom stereocenters. The van der Waals surface area contributed by atoms with Gasteiger partial charge in [0.25, 0.3) is 11.8 Å². The normalized spacial score (nSPS) is 16.5. The van der Waals surface area contributed by atoms with Gasteiger partial charge in [-0.3, -0.25) is 9.59 Å². The monoisotopic (exact) mass is 372 g/mol. The van der Waals surface area contributed by atoms with Crippen LogP contribution in [0.2, 0.25) is 0 Å². The van der Waals surface area contributed by atoms with Crippen molar-refractivity contribution in [1.82, 2.24) is 5.32 Å². The van der Waals surface area contributed by atoms with Crippen LogP contribution in [0.25, 0.3) is 0 Å². The van der Waals surface area contributed by atoms with E-state index >= 15 is 0 Å². The van der Waals surface area contributed by atoms with Crippen LogP contribution in [0.5, 0.6) is 0 Å². The van der Waals surface area contributed by atoms with E-state index in [0.29, 0.717) is 22.7 Å². The largest absolute Gasteiger partial charge is 0.376 e. The Labute approximate surface area is 157 Å². The van der Waals surface area contributed by atoms with Crippen molar-refractivity contribution in [3.63, 3.8) is 0 Å². The van der Waals surface area contributed by atoms with Crippen molar-refractivity contribution in [3.05, 3.63) is 51.2 Å². The lowest BCUT2D eigenvalue weighted by Crippen LogP contribution is -2.32. The Morgan fingerprint density at radius 3 is 2.77 bits per heavy atom. The van der Waals surface area contributed by atoms with E-state index in [0.717, 1.165) is 31.4 Å². The summed E-state index contributed by atoms with van der Waals surface area (Å²) in [6, 6.07) is 8.97. The molecule has 2 aromatic rings. The molecule has 5 nitrogen and oxygen atoms in total. The van der Waals surface area contributed by atoms with E-state index < -0.39 is 0 Å². The van der Waals surface area contributed by atoms with Gasteiger partial charge in [0.1, 0.15) is 0 Å². The molecule has 1 atom stereocenters. The summed E-state index contributed by atoms with van der Waals surface area (Å²) in [5.41, 5.74) is 2.11. The molecule has 6 heteroatoms. The highest BCUT2D eigenvalue weighted by Gasteiger charge is 2.19. The van der Waals surface area contributed by atoms with E-state index in [-0.39, 0.29) is 17.9 Å². The molecule has 0 bridgehead atoms. The molecule has 0 spiro atoms. The average molecular weight is 372 g/mol. The molecule has 2 heterocycles. The molecule has 3 rings (SSSR count). The van der Waals surface area contributed by atoms with E-state index in [1.165, 1.54) is 16.2 Å². The number of amides is 2. The van der Waals surface area contributed by atoms with Gasteiger partial charge < -0.3 is 15.4 Å². The molecule has 1 saturated heterocycles. The number of benzene rings is 1. The number of carbonyl (C=O) groups excluding carboxylic acids is 2. The number of hydrogen-bond donors (Lipinski definition) is 2. The fourth-order valence-electron chi connectivity index (χ4n) is 3.06. The highest BCUT2D eigenvalue weighted by Crippen LogP contribution is 2.24. The Morgan fingerprint density at radius 1 is 1.27 bits per heavy atom. The minimum absolute atomic E-state index is 0.0854. The van der Waals surface area contributed by atoms with Crippen molar-refractivity contribution in [3.8, 4) is 0 Å². The van der Waals surface area contributed by atoms with Crippen molar-refractivity contribution in [1.29, 1.82) is 0 Å². The predicted octanol–water partition coefficient (Wildman–Crippen LogP) is 3.78. The molecular weight excluding hydrogens is 348 g/mol. The van der Waals surface area contributed by atoms with Gasteiger partial charge in [0.05, 0.1) is 22.2 Å². The summed E-state index contributed by atoms with van der Waals surface area (Å²) < 4.78 is 5.53. The van der Waals surface area contributed by atoms with E-state index in [1.54, 1.807) is 18.2 Å². The highest BCUT2D eigenvalue weighted by molar-refractivity contribution is 7.14. The molecule has 2 N–H and O–H groups in total. The first-order valence-corrected chi connectivity index (χ1v) is 9.79. The average Bonchev–Trinajstić information content (AvgIpc) is 3.29. The zero-order valence-electron chi connectivity index (χ0n) is 15.1. The Bertz CT molecular complexity index is 794. The maximum Gasteiger partial charge on any atom is 0.265 e. The van der Waals surface area contributed by atoms with Crippen LogP contribution in [0.3, 0.4) is 0 Å². The minimum Gasteiger partial charge on any atom is -0.376 e. The smallest absolute Gasteiger partial charge is 0.265 e. The molecule has 1 fully saturated rings. The van der Waals surface area contributed by atoms with Crippen LogP contribution < -0.4 is 10.6 Å². The van der Waals surface area contributed by atoms with Gasteiger partial charge in [0, 0.05) is 18.0 Å². The third kappa shape index (κ3) is 4.31. The van der Waals surface area contributed by atoms with Crippen molar-refractivity contribution >= 4 is 28.8 Å². The molecule has 1 aromatic carbocycles. The molecule has 1 aliphatic rings. The highest BCUT2D eigenvalue weighted by atomic mass is 32.1. The van der Waals surface area contributed by atoms with Gasteiger partial charge in [-0.25, -0.2) is 0 Å². The van der Waals surface area contributed by atoms with Gasteiger partial charge in [0.2, 0.25) is 0 Å². The molecule has 138 valence electrons. The van der Waals surface area contributed by atoms with E-state index in [4.69, 9.17) is 4.74 Å². The fourth-order valence-corrected chi connectivity index (χ4v) is 4.07. The first kappa shape index (κ1) is 18.6. The quantitative estimate of drug-likeness (QED) is 0.811. The van der Waals surface area contributed by atoms with E-state index in [1.807, 2.05) is 19.1 Å². The molecule has 26 heavy (non-hydrogen) atoms. The van der Waals surface area contributed by atoms with Crippen molar-refractivity contribution in [2.75, 3.05) is 18.5 Å². The Kier molecular flexibility index (Phi) is 6.06. The van der Waals surface area contributed by atoms with Crippen molar-refractivity contribution in [2.45, 2.75) is 39.2 Å². The number of rotatable bonds is 6. The van der Waals surface area contributed by atoms with Crippen LogP contribution >= 0.6 is 11.3 Å². The third-order valence-corrected chi connectivity index (χ3v) is 5.88. The molecular formula is C20H24N2O3S. The first-order chi connectivity index (χ1) is 12.6. The van der Waals surface area contributed by atoms with E-state index in [2.05, 4.69) is 17.6 Å². The number of nitrogens with one attached hydrogen (secondary N) is 2. The Balaban J connectivity index is 1.69. The molecule has 1 aliphatic heterocycles. The standard InChI is InChI=1S/C20H24N2O3S/c1-3-17-13(2)11-18(26-17)20(24)22-16-9-5-4-8-15(16)19(23)21-12-14-7-6-10-25-14/h4-5,8-9,11,14H,3,6-7,10,12H2,1-2H3,(H,21,23)(H,22,24). The van der Waals surface area contributed by atoms with E-state index in [9.17, 15) is 9.59 Å². The van der Waals surface area contributed by atoms with Gasteiger partial charge in [-0.1, -0.05) is 19.1 Å². The van der Waals surface area contributed by atoms with Gasteiger partial charge in [0.15, 0.2) is 0 Å². The summed E-state index contributed by atoms with van der Waals surface area (Å²) >= 11 is 1.50. The molecule has 2 amide bonds. The molecule has 0 saturated carbocycles. The molecule has 0 aliphatic carbocycles.